The van der Waals surface area contributed by atoms with Crippen molar-refractivity contribution in [3.05, 3.63) is 76.6 Å². The Kier molecular flexibility index (Phi) is 7.66. The number of nitrogen functional groups attached to an aromatic ring is 1. The number of likely N-dealkylation sites (N-methyl/N-ethyl adjacent to an activating group) is 1. The van der Waals surface area contributed by atoms with Crippen molar-refractivity contribution in [3.63, 3.8) is 0 Å². The van der Waals surface area contributed by atoms with Gasteiger partial charge in [0, 0.05) is 57.0 Å². The number of piperazine rings is 1. The van der Waals surface area contributed by atoms with Gasteiger partial charge in [0.2, 0.25) is 11.9 Å². The van der Waals surface area contributed by atoms with Crippen LogP contribution in [0.25, 0.3) is 0 Å². The number of hydrogen-bond acceptors (Lipinski definition) is 7. The van der Waals surface area contributed by atoms with Gasteiger partial charge in [0.1, 0.15) is 0 Å². The van der Waals surface area contributed by atoms with E-state index in [0.29, 0.717) is 18.7 Å². The maximum Gasteiger partial charge on any atom is 0.416 e. The van der Waals surface area contributed by atoms with Crippen LogP contribution in [0.5, 0.6) is 0 Å². The van der Waals surface area contributed by atoms with Gasteiger partial charge in [-0.05, 0) is 30.8 Å². The summed E-state index contributed by atoms with van der Waals surface area (Å²) in [6.07, 6.45) is -0.922. The zero-order valence-electron chi connectivity index (χ0n) is 19.8. The third kappa shape index (κ3) is 6.78. The van der Waals surface area contributed by atoms with Gasteiger partial charge in [-0.25, -0.2) is 15.0 Å². The van der Waals surface area contributed by atoms with E-state index in [1.807, 2.05) is 11.9 Å². The molecule has 3 N–H and O–H groups in total. The fourth-order valence-corrected chi connectivity index (χ4v) is 3.71. The minimum absolute atomic E-state index is 0.0459. The van der Waals surface area contributed by atoms with Crippen LogP contribution >= 0.6 is 0 Å². The van der Waals surface area contributed by atoms with Gasteiger partial charge in [0.15, 0.2) is 0 Å². The van der Waals surface area contributed by atoms with Crippen molar-refractivity contribution in [1.29, 1.82) is 0 Å². The van der Waals surface area contributed by atoms with Crippen molar-refractivity contribution >= 4 is 17.5 Å². The molecule has 1 aliphatic rings. The number of carbonyl (C=O) groups is 1. The van der Waals surface area contributed by atoms with Gasteiger partial charge < -0.3 is 16.0 Å². The number of anilines is 2. The summed E-state index contributed by atoms with van der Waals surface area (Å²) in [5.74, 6) is 3.56. The maximum atomic E-state index is 14.1. The normalized spacial score (nSPS) is 14.6. The summed E-state index contributed by atoms with van der Waals surface area (Å²) in [5, 5.41) is 2.43. The van der Waals surface area contributed by atoms with Crippen LogP contribution < -0.4 is 11.1 Å². The molecule has 0 spiro atoms. The van der Waals surface area contributed by atoms with E-state index in [4.69, 9.17) is 5.73 Å². The number of alkyl halides is 3. The number of pyridine rings is 1. The lowest BCUT2D eigenvalue weighted by molar-refractivity contribution is -0.138. The summed E-state index contributed by atoms with van der Waals surface area (Å²) in [5.41, 5.74) is 4.78. The Balaban J connectivity index is 1.52. The first-order valence-electron chi connectivity index (χ1n) is 11.3. The Morgan fingerprint density at radius 3 is 2.43 bits per heavy atom. The van der Waals surface area contributed by atoms with E-state index in [9.17, 15) is 22.4 Å². The largest absolute Gasteiger partial charge is 0.416 e. The van der Waals surface area contributed by atoms with E-state index in [0.717, 1.165) is 31.4 Å². The lowest BCUT2D eigenvalue weighted by Crippen LogP contribution is -2.44. The highest BCUT2D eigenvalue weighted by atomic mass is 19.4. The molecule has 1 saturated heterocycles. The highest BCUT2D eigenvalue weighted by Gasteiger charge is 2.34. The fourth-order valence-electron chi connectivity index (χ4n) is 3.71. The number of halogens is 4. The molecule has 0 atom stereocenters. The van der Waals surface area contributed by atoms with Crippen LogP contribution in [0.1, 0.15) is 32.6 Å². The molecule has 37 heavy (non-hydrogen) atoms. The van der Waals surface area contributed by atoms with E-state index >= 15 is 0 Å². The Bertz CT molecular complexity index is 1340. The molecule has 1 aromatic carbocycles. The molecule has 2 aromatic heterocycles. The topological polar surface area (TPSA) is 100 Å². The van der Waals surface area contributed by atoms with E-state index in [1.165, 1.54) is 24.5 Å². The first-order valence-corrected chi connectivity index (χ1v) is 11.3. The molecule has 8 nitrogen and oxygen atoms in total. The summed E-state index contributed by atoms with van der Waals surface area (Å²) >= 11 is 0. The van der Waals surface area contributed by atoms with Crippen LogP contribution in [0.2, 0.25) is 0 Å². The number of nitrogens with one attached hydrogen (secondary N) is 1. The second-order valence-electron chi connectivity index (χ2n) is 8.55. The maximum absolute atomic E-state index is 14.1. The quantitative estimate of drug-likeness (QED) is 0.314. The van der Waals surface area contributed by atoms with Gasteiger partial charge in [0.25, 0.3) is 5.91 Å². The van der Waals surface area contributed by atoms with E-state index in [1.54, 1.807) is 0 Å². The van der Waals surface area contributed by atoms with Gasteiger partial charge in [-0.15, -0.1) is 0 Å². The summed E-state index contributed by atoms with van der Waals surface area (Å²) in [4.78, 5) is 27.9. The van der Waals surface area contributed by atoms with Crippen LogP contribution in [0.15, 0.2) is 42.9 Å². The highest BCUT2D eigenvalue weighted by molar-refractivity contribution is 6.04. The van der Waals surface area contributed by atoms with Crippen molar-refractivity contribution in [1.82, 2.24) is 24.8 Å². The van der Waals surface area contributed by atoms with Crippen molar-refractivity contribution in [2.24, 2.45) is 0 Å². The second-order valence-corrected chi connectivity index (χ2v) is 8.55. The number of amides is 1. The van der Waals surface area contributed by atoms with E-state index in [-0.39, 0.29) is 34.9 Å². The Morgan fingerprint density at radius 1 is 1.05 bits per heavy atom. The highest BCUT2D eigenvalue weighted by Crippen LogP contribution is 2.34. The zero-order valence-corrected chi connectivity index (χ0v) is 19.8. The average molecular weight is 513 g/mol. The molecular formula is C25H23F4N7O. The average Bonchev–Trinajstić information content (AvgIpc) is 2.86. The smallest absolute Gasteiger partial charge is 0.368 e. The summed E-state index contributed by atoms with van der Waals surface area (Å²) in [7, 11) is 1.97. The molecule has 192 valence electrons. The molecular weight excluding hydrogens is 490 g/mol. The predicted octanol–water partition coefficient (Wildman–Crippen LogP) is 3.01. The number of nitrogens with two attached hydrogens (primary N) is 1. The van der Waals surface area contributed by atoms with Crippen molar-refractivity contribution in [2.75, 3.05) is 44.3 Å². The molecule has 0 unspecified atom stereocenters. The number of nitrogens with zero attached hydrogens (tertiary/aromatic N) is 5. The van der Waals surface area contributed by atoms with Crippen LogP contribution in [-0.2, 0) is 12.7 Å². The van der Waals surface area contributed by atoms with E-state index < -0.39 is 23.6 Å². The molecule has 0 saturated carbocycles. The number of benzene rings is 1. The molecule has 1 fully saturated rings. The summed E-state index contributed by atoms with van der Waals surface area (Å²) < 4.78 is 55.6. The lowest BCUT2D eigenvalue weighted by atomic mass is 10.0. The van der Waals surface area contributed by atoms with Gasteiger partial charge >= 0.3 is 6.18 Å². The lowest BCUT2D eigenvalue weighted by Gasteiger charge is -2.33. The van der Waals surface area contributed by atoms with E-state index in [2.05, 4.69) is 37.0 Å². The third-order valence-corrected chi connectivity index (χ3v) is 5.78. The Morgan fingerprint density at radius 2 is 1.76 bits per heavy atom. The number of aromatic nitrogens is 3. The molecule has 1 aliphatic heterocycles. The van der Waals surface area contributed by atoms with Crippen LogP contribution in [0, 0.1) is 17.8 Å². The monoisotopic (exact) mass is 513 g/mol. The molecule has 4 rings (SSSR count). The molecule has 0 aliphatic carbocycles. The Labute approximate surface area is 210 Å². The number of rotatable bonds is 4. The second kappa shape index (κ2) is 10.9. The summed E-state index contributed by atoms with van der Waals surface area (Å²) in [6.45, 7) is 3.05. The predicted molar refractivity (Wildman–Crippen MR) is 129 cm³/mol. The van der Waals surface area contributed by atoms with Crippen molar-refractivity contribution < 1.29 is 22.4 Å². The number of carbonyl (C=O) groups excluding carboxylic acids is 1. The fraction of sp³-hybridized carbons (Fsp3) is 0.280. The molecule has 3 heterocycles. The van der Waals surface area contributed by atoms with Crippen LogP contribution in [0.3, 0.4) is 0 Å². The van der Waals surface area contributed by atoms with Gasteiger partial charge in [0.05, 0.1) is 22.3 Å². The standard InChI is InChI=1S/C25H23F4N7O/c1-35-6-8-36(9-7-35)15-18-4-5-20(11-21(18)25(27,28)29)34-23(37)19-10-17(22(26)31-14-19)3-2-16-12-32-24(30)33-13-16/h4-5,10-14H,6-9,15H2,1H3,(H,34,37)(H2,30,32,33). The molecule has 3 aromatic rings. The van der Waals surface area contributed by atoms with Crippen molar-refractivity contribution in [2.45, 2.75) is 12.7 Å². The van der Waals surface area contributed by atoms with Crippen LogP contribution in [-0.4, -0.2) is 63.9 Å². The molecule has 0 bridgehead atoms. The first kappa shape index (κ1) is 26.0. The molecule has 1 amide bonds. The zero-order chi connectivity index (χ0) is 26.6. The van der Waals surface area contributed by atoms with Crippen LogP contribution in [0.4, 0.5) is 29.2 Å². The molecule has 12 heteroatoms. The molecule has 0 radical (unpaired) electrons. The third-order valence-electron chi connectivity index (χ3n) is 5.78. The minimum atomic E-state index is -4.60. The summed E-state index contributed by atoms with van der Waals surface area (Å²) in [6, 6.07) is 4.85. The number of hydrogen-bond donors (Lipinski definition) is 2. The minimum Gasteiger partial charge on any atom is -0.368 e. The van der Waals surface area contributed by atoms with Gasteiger partial charge in [-0.1, -0.05) is 17.9 Å². The van der Waals surface area contributed by atoms with Crippen molar-refractivity contribution in [3.8, 4) is 11.8 Å². The van der Waals surface area contributed by atoms with Gasteiger partial charge in [-0.3, -0.25) is 9.69 Å². The Hall–Kier alpha value is -4.08. The van der Waals surface area contributed by atoms with Gasteiger partial charge in [-0.2, -0.15) is 17.6 Å². The SMILES string of the molecule is CN1CCN(Cc2ccc(NC(=O)c3cnc(F)c(C#Cc4cnc(N)nc4)c3)cc2C(F)(F)F)CC1. The first-order chi connectivity index (χ1) is 17.6.